The highest BCUT2D eigenvalue weighted by Crippen LogP contribution is 2.72. The van der Waals surface area contributed by atoms with Gasteiger partial charge in [-0.25, -0.2) is 4.79 Å². The number of esters is 3. The molecule has 3 saturated heterocycles. The quantitative estimate of drug-likeness (QED) is 0.245. The van der Waals surface area contributed by atoms with Crippen LogP contribution >= 0.6 is 0 Å². The van der Waals surface area contributed by atoms with Gasteiger partial charge in [0.2, 0.25) is 0 Å². The van der Waals surface area contributed by atoms with Crippen LogP contribution in [0.25, 0.3) is 0 Å². The van der Waals surface area contributed by atoms with Gasteiger partial charge < -0.3 is 28.8 Å². The molecule has 3 heterocycles. The van der Waals surface area contributed by atoms with E-state index in [0.717, 1.165) is 19.3 Å². The van der Waals surface area contributed by atoms with Crippen LogP contribution in [0.3, 0.4) is 0 Å². The fourth-order valence-electron chi connectivity index (χ4n) is 8.14. The molecule has 0 amide bonds. The number of ether oxygens (including phenoxy) is 5. The van der Waals surface area contributed by atoms with Crippen LogP contribution in [-0.4, -0.2) is 71.8 Å². The lowest BCUT2D eigenvalue weighted by atomic mass is 9.40. The van der Waals surface area contributed by atoms with Crippen molar-refractivity contribution in [2.75, 3.05) is 19.8 Å². The van der Waals surface area contributed by atoms with Crippen molar-refractivity contribution >= 4 is 17.9 Å². The second-order valence-electron chi connectivity index (χ2n) is 12.9. The number of cyclic esters (lactones) is 1. The molecular formula is C29H42O9. The molecule has 212 valence electrons. The average Bonchev–Trinajstić information content (AvgIpc) is 3.57. The first-order valence-corrected chi connectivity index (χ1v) is 14.0. The second kappa shape index (κ2) is 9.03. The Hall–Kier alpha value is -1.97. The first-order valence-electron chi connectivity index (χ1n) is 14.0. The number of allylic oxidation sites excluding steroid dienone is 1. The molecule has 2 saturated carbocycles. The predicted octanol–water partition coefficient (Wildman–Crippen LogP) is 3.25. The van der Waals surface area contributed by atoms with Gasteiger partial charge in [0.1, 0.15) is 23.4 Å². The molecule has 2 spiro atoms. The Morgan fingerprint density at radius 3 is 2.39 bits per heavy atom. The standard InChI is InChI=1S/C29H42O9/c1-7-18(4)24(33)37-22-21(36-23(32)17(2)3)26(6)25(5,11-12-27(38-26)13-20(31)34-15-27)19-9-8-10-28(16-35-28)29(19,22)14-30/h7,17,19,21-22,30H,8-16H2,1-6H3/b18-7+/t19-,21+,22+,25-,26+,27-,28+,29+/m1/s1. The molecule has 5 rings (SSSR count). The second-order valence-corrected chi connectivity index (χ2v) is 12.9. The number of carbonyl (C=O) groups excluding carboxylic acids is 3. The summed E-state index contributed by atoms with van der Waals surface area (Å²) in [6.45, 7) is 11.3. The zero-order chi connectivity index (χ0) is 27.7. The van der Waals surface area contributed by atoms with Crippen molar-refractivity contribution in [3.63, 3.8) is 0 Å². The van der Waals surface area contributed by atoms with E-state index in [1.807, 2.05) is 6.92 Å². The van der Waals surface area contributed by atoms with E-state index in [2.05, 4.69) is 6.92 Å². The van der Waals surface area contributed by atoms with E-state index in [9.17, 15) is 19.5 Å². The summed E-state index contributed by atoms with van der Waals surface area (Å²) in [5.41, 5.74) is -3.79. The number of hydrogen-bond donors (Lipinski definition) is 1. The van der Waals surface area contributed by atoms with Gasteiger partial charge in [-0.3, -0.25) is 9.59 Å². The molecule has 9 heteroatoms. The molecule has 0 unspecified atom stereocenters. The number of hydrogen-bond acceptors (Lipinski definition) is 9. The van der Waals surface area contributed by atoms with Crippen LogP contribution in [0.4, 0.5) is 0 Å². The van der Waals surface area contributed by atoms with Gasteiger partial charge in [0.15, 0.2) is 12.2 Å². The summed E-state index contributed by atoms with van der Waals surface area (Å²) in [6.07, 6.45) is 3.42. The molecule has 38 heavy (non-hydrogen) atoms. The number of carbonyl (C=O) groups is 3. The third-order valence-electron chi connectivity index (χ3n) is 10.7. The highest BCUT2D eigenvalue weighted by molar-refractivity contribution is 5.88. The Morgan fingerprint density at radius 2 is 1.84 bits per heavy atom. The molecule has 8 atom stereocenters. The normalized spacial score (nSPS) is 45.9. The van der Waals surface area contributed by atoms with E-state index in [0.29, 0.717) is 25.0 Å². The topological polar surface area (TPSA) is 121 Å². The Morgan fingerprint density at radius 1 is 1.13 bits per heavy atom. The van der Waals surface area contributed by atoms with Crippen molar-refractivity contribution < 1.29 is 43.2 Å². The minimum Gasteiger partial charge on any atom is -0.463 e. The first-order chi connectivity index (χ1) is 17.8. The predicted molar refractivity (Wildman–Crippen MR) is 135 cm³/mol. The lowest BCUT2D eigenvalue weighted by molar-refractivity contribution is -0.361. The minimum absolute atomic E-state index is 0.120. The van der Waals surface area contributed by atoms with Gasteiger partial charge in [-0.15, -0.1) is 0 Å². The highest BCUT2D eigenvalue weighted by Gasteiger charge is 2.82. The van der Waals surface area contributed by atoms with E-state index in [4.69, 9.17) is 23.7 Å². The van der Waals surface area contributed by atoms with E-state index in [1.54, 1.807) is 33.8 Å². The van der Waals surface area contributed by atoms with Crippen LogP contribution in [-0.2, 0) is 38.1 Å². The zero-order valence-electron chi connectivity index (χ0n) is 23.5. The van der Waals surface area contributed by atoms with Crippen LogP contribution < -0.4 is 0 Å². The average molecular weight is 535 g/mol. The molecule has 0 aromatic heterocycles. The molecule has 5 fully saturated rings. The third-order valence-corrected chi connectivity index (χ3v) is 10.7. The molecule has 0 radical (unpaired) electrons. The van der Waals surface area contributed by atoms with Gasteiger partial charge in [0.25, 0.3) is 0 Å². The summed E-state index contributed by atoms with van der Waals surface area (Å²) < 4.78 is 31.1. The molecule has 0 aromatic carbocycles. The summed E-state index contributed by atoms with van der Waals surface area (Å²) in [5.74, 6) is -1.88. The molecule has 9 nitrogen and oxygen atoms in total. The number of aliphatic hydroxyl groups excluding tert-OH is 1. The smallest absolute Gasteiger partial charge is 0.333 e. The molecule has 0 aromatic rings. The first kappa shape index (κ1) is 27.6. The minimum atomic E-state index is -1.13. The maximum Gasteiger partial charge on any atom is 0.333 e. The van der Waals surface area contributed by atoms with Crippen molar-refractivity contribution in [1.82, 2.24) is 0 Å². The fourth-order valence-corrected chi connectivity index (χ4v) is 8.14. The number of aliphatic hydroxyl groups is 1. The lowest BCUT2D eigenvalue weighted by Crippen LogP contribution is -2.80. The van der Waals surface area contributed by atoms with Crippen molar-refractivity contribution in [1.29, 1.82) is 0 Å². The van der Waals surface area contributed by atoms with E-state index in [1.165, 1.54) is 0 Å². The van der Waals surface area contributed by atoms with E-state index >= 15 is 0 Å². The summed E-state index contributed by atoms with van der Waals surface area (Å²) >= 11 is 0. The highest BCUT2D eigenvalue weighted by atomic mass is 16.6. The summed E-state index contributed by atoms with van der Waals surface area (Å²) in [5, 5.41) is 11.3. The SMILES string of the molecule is C/C=C(\C)C(=O)O[C@H]1[C@H](OC(=O)C(C)C)[C@]2(C)O[C@@]3(CC[C@]2(C)[C@H]2CCC[C@]4(CO4)[C@]12CO)COC(=O)C3. The van der Waals surface area contributed by atoms with Crippen LogP contribution in [0.15, 0.2) is 11.6 Å². The van der Waals surface area contributed by atoms with Crippen LogP contribution in [0.2, 0.25) is 0 Å². The number of fused-ring (bicyclic) bond motifs is 4. The molecular weight excluding hydrogens is 492 g/mol. The monoisotopic (exact) mass is 534 g/mol. The van der Waals surface area contributed by atoms with E-state index < -0.39 is 57.7 Å². The Kier molecular flexibility index (Phi) is 6.56. The third kappa shape index (κ3) is 3.64. The Balaban J connectivity index is 1.71. The molecule has 1 N–H and O–H groups in total. The Bertz CT molecular complexity index is 1050. The van der Waals surface area contributed by atoms with Gasteiger partial charge in [-0.2, -0.15) is 0 Å². The number of epoxide rings is 1. The zero-order valence-corrected chi connectivity index (χ0v) is 23.5. The lowest BCUT2D eigenvalue weighted by Gasteiger charge is -2.70. The maximum atomic E-state index is 13.3. The molecule has 2 aliphatic carbocycles. The van der Waals surface area contributed by atoms with Crippen LogP contribution in [0, 0.1) is 22.7 Å². The van der Waals surface area contributed by atoms with Crippen LogP contribution in [0.5, 0.6) is 0 Å². The fraction of sp³-hybridized carbons (Fsp3) is 0.828. The van der Waals surface area contributed by atoms with Crippen molar-refractivity contribution in [2.45, 2.75) is 109 Å². The van der Waals surface area contributed by atoms with Gasteiger partial charge in [-0.1, -0.05) is 33.3 Å². The van der Waals surface area contributed by atoms with Crippen molar-refractivity contribution in [3.8, 4) is 0 Å². The van der Waals surface area contributed by atoms with Crippen molar-refractivity contribution in [2.24, 2.45) is 22.7 Å². The molecule has 0 bridgehead atoms. The van der Waals surface area contributed by atoms with Gasteiger partial charge in [0, 0.05) is 11.0 Å². The summed E-state index contributed by atoms with van der Waals surface area (Å²) in [6, 6.07) is 0. The molecule has 5 aliphatic rings. The molecule has 3 aliphatic heterocycles. The van der Waals surface area contributed by atoms with E-state index in [-0.39, 0.29) is 31.5 Å². The number of rotatable bonds is 5. The van der Waals surface area contributed by atoms with Crippen LogP contribution in [0.1, 0.15) is 80.1 Å². The summed E-state index contributed by atoms with van der Waals surface area (Å²) in [7, 11) is 0. The Labute approximate surface area is 224 Å². The maximum absolute atomic E-state index is 13.3. The van der Waals surface area contributed by atoms with Gasteiger partial charge >= 0.3 is 17.9 Å². The van der Waals surface area contributed by atoms with Gasteiger partial charge in [-0.05, 0) is 52.4 Å². The largest absolute Gasteiger partial charge is 0.463 e. The summed E-state index contributed by atoms with van der Waals surface area (Å²) in [4.78, 5) is 38.8. The van der Waals surface area contributed by atoms with Gasteiger partial charge in [0.05, 0.1) is 31.0 Å². The van der Waals surface area contributed by atoms with Crippen molar-refractivity contribution in [3.05, 3.63) is 11.6 Å².